The van der Waals surface area contributed by atoms with Crippen LogP contribution >= 0.6 is 22.9 Å². The van der Waals surface area contributed by atoms with Crippen LogP contribution in [0.25, 0.3) is 5.69 Å². The lowest BCUT2D eigenvalue weighted by molar-refractivity contribution is 0.0926. The monoisotopic (exact) mass is 360 g/mol. The number of nitrogens with one attached hydrogen (secondary N) is 1. The van der Waals surface area contributed by atoms with E-state index in [9.17, 15) is 4.79 Å². The van der Waals surface area contributed by atoms with Gasteiger partial charge < -0.3 is 5.32 Å². The fraction of sp³-hybridized carbons (Fsp3) is 0.235. The van der Waals surface area contributed by atoms with Crippen molar-refractivity contribution in [2.24, 2.45) is 5.92 Å². The van der Waals surface area contributed by atoms with E-state index in [1.165, 1.54) is 0 Å². The Morgan fingerprint density at radius 3 is 2.58 bits per heavy atom. The largest absolute Gasteiger partial charge is 0.344 e. The van der Waals surface area contributed by atoms with Gasteiger partial charge in [0.1, 0.15) is 12.7 Å². The summed E-state index contributed by atoms with van der Waals surface area (Å²) < 4.78 is 1.73. The molecule has 3 aromatic rings. The molecule has 0 radical (unpaired) electrons. The van der Waals surface area contributed by atoms with Gasteiger partial charge in [-0.1, -0.05) is 31.5 Å². The van der Waals surface area contributed by atoms with Crippen LogP contribution in [0.15, 0.2) is 48.4 Å². The van der Waals surface area contributed by atoms with Crippen molar-refractivity contribution in [3.63, 3.8) is 0 Å². The number of hydrogen-bond acceptors (Lipinski definition) is 4. The van der Waals surface area contributed by atoms with E-state index in [-0.39, 0.29) is 17.9 Å². The molecule has 1 amide bonds. The van der Waals surface area contributed by atoms with Crippen molar-refractivity contribution in [1.29, 1.82) is 0 Å². The smallest absolute Gasteiger partial charge is 0.253 e. The second kappa shape index (κ2) is 7.15. The quantitative estimate of drug-likeness (QED) is 0.744. The first-order valence-corrected chi connectivity index (χ1v) is 8.81. The molecule has 0 spiro atoms. The van der Waals surface area contributed by atoms with Gasteiger partial charge in [-0.15, -0.1) is 21.5 Å². The Bertz CT molecular complexity index is 815. The maximum absolute atomic E-state index is 12.7. The van der Waals surface area contributed by atoms with Gasteiger partial charge in [-0.2, -0.15) is 0 Å². The molecule has 0 aliphatic carbocycles. The first-order valence-electron chi connectivity index (χ1n) is 7.55. The third kappa shape index (κ3) is 3.49. The third-order valence-electron chi connectivity index (χ3n) is 3.72. The minimum atomic E-state index is -0.178. The van der Waals surface area contributed by atoms with Gasteiger partial charge in [0.2, 0.25) is 0 Å². The number of aromatic nitrogens is 3. The molecule has 24 heavy (non-hydrogen) atoms. The third-order valence-corrected chi connectivity index (χ3v) is 4.99. The number of halogens is 1. The van der Waals surface area contributed by atoms with Gasteiger partial charge in [-0.05, 0) is 35.6 Å². The summed E-state index contributed by atoms with van der Waals surface area (Å²) in [6, 6.07) is 9.26. The number of hydrogen-bond donors (Lipinski definition) is 1. The molecule has 7 heteroatoms. The van der Waals surface area contributed by atoms with Crippen LogP contribution < -0.4 is 5.32 Å². The first kappa shape index (κ1) is 16.7. The second-order valence-corrected chi connectivity index (χ2v) is 7.13. The maximum Gasteiger partial charge on any atom is 0.253 e. The van der Waals surface area contributed by atoms with Crippen LogP contribution in [0.3, 0.4) is 0 Å². The van der Waals surface area contributed by atoms with Crippen molar-refractivity contribution in [2.45, 2.75) is 19.9 Å². The zero-order valence-corrected chi connectivity index (χ0v) is 14.9. The van der Waals surface area contributed by atoms with Gasteiger partial charge in [0, 0.05) is 10.6 Å². The van der Waals surface area contributed by atoms with Crippen molar-refractivity contribution in [1.82, 2.24) is 20.1 Å². The van der Waals surface area contributed by atoms with Crippen molar-refractivity contribution in [2.75, 3.05) is 0 Å². The van der Waals surface area contributed by atoms with E-state index in [2.05, 4.69) is 29.4 Å². The summed E-state index contributed by atoms with van der Waals surface area (Å²) in [7, 11) is 0. The molecule has 2 heterocycles. The van der Waals surface area contributed by atoms with Gasteiger partial charge in [-0.25, -0.2) is 0 Å². The summed E-state index contributed by atoms with van der Waals surface area (Å²) in [5.41, 5.74) is 1.26. The molecule has 0 unspecified atom stereocenters. The van der Waals surface area contributed by atoms with Crippen molar-refractivity contribution >= 4 is 28.8 Å². The summed E-state index contributed by atoms with van der Waals surface area (Å²) in [6.07, 6.45) is 3.16. The second-order valence-electron chi connectivity index (χ2n) is 5.74. The van der Waals surface area contributed by atoms with Crippen molar-refractivity contribution in [3.8, 4) is 5.69 Å². The molecule has 3 rings (SSSR count). The highest BCUT2D eigenvalue weighted by molar-refractivity contribution is 7.10. The number of carbonyl (C=O) groups excluding carboxylic acids is 1. The minimum Gasteiger partial charge on any atom is -0.344 e. The highest BCUT2D eigenvalue weighted by atomic mass is 35.5. The number of rotatable bonds is 5. The predicted molar refractivity (Wildman–Crippen MR) is 95.7 cm³/mol. The van der Waals surface area contributed by atoms with Crippen LogP contribution in [0.1, 0.15) is 35.1 Å². The zero-order chi connectivity index (χ0) is 17.1. The lowest BCUT2D eigenvalue weighted by Crippen LogP contribution is -2.31. The number of benzene rings is 1. The Labute approximate surface area is 149 Å². The van der Waals surface area contributed by atoms with E-state index in [0.717, 1.165) is 10.6 Å². The van der Waals surface area contributed by atoms with E-state index in [1.807, 2.05) is 23.6 Å². The summed E-state index contributed by atoms with van der Waals surface area (Å²) in [6.45, 7) is 4.17. The highest BCUT2D eigenvalue weighted by Gasteiger charge is 2.21. The van der Waals surface area contributed by atoms with Crippen LogP contribution in [0, 0.1) is 5.92 Å². The number of thiophene rings is 1. The molecule has 1 atom stereocenters. The average Bonchev–Trinajstić information content (AvgIpc) is 3.25. The van der Waals surface area contributed by atoms with Gasteiger partial charge >= 0.3 is 0 Å². The van der Waals surface area contributed by atoms with Crippen LogP contribution in [0.4, 0.5) is 0 Å². The summed E-state index contributed by atoms with van der Waals surface area (Å²) in [5.74, 6) is 0.102. The Balaban J connectivity index is 1.82. The lowest BCUT2D eigenvalue weighted by Gasteiger charge is -2.21. The topological polar surface area (TPSA) is 59.8 Å². The molecule has 0 fully saturated rings. The molecule has 0 aliphatic rings. The predicted octanol–water partition coefficient (Wildman–Crippen LogP) is 4.11. The fourth-order valence-electron chi connectivity index (χ4n) is 2.44. The molecule has 124 valence electrons. The number of carbonyl (C=O) groups is 1. The molecule has 0 saturated heterocycles. The maximum atomic E-state index is 12.7. The SMILES string of the molecule is CC(C)[C@H](NC(=O)c1ccc(-n2cnnc2)cc1Cl)c1cccs1. The van der Waals surface area contributed by atoms with Gasteiger partial charge in [-0.3, -0.25) is 9.36 Å². The molecule has 0 saturated carbocycles. The summed E-state index contributed by atoms with van der Waals surface area (Å²) >= 11 is 7.95. The Kier molecular flexibility index (Phi) is 4.97. The molecular formula is C17H17ClN4OS. The molecule has 1 aromatic carbocycles. The van der Waals surface area contributed by atoms with Gasteiger partial charge in [0.25, 0.3) is 5.91 Å². The highest BCUT2D eigenvalue weighted by Crippen LogP contribution is 2.27. The van der Waals surface area contributed by atoms with E-state index in [0.29, 0.717) is 10.6 Å². The fourth-order valence-corrected chi connectivity index (χ4v) is 3.65. The number of nitrogens with zero attached hydrogens (tertiary/aromatic N) is 3. The normalized spacial score (nSPS) is 12.3. The average molecular weight is 361 g/mol. The standard InChI is InChI=1S/C17H17ClN4OS/c1-11(2)16(15-4-3-7-24-15)21-17(23)13-6-5-12(8-14(13)18)22-9-19-20-10-22/h3-11,16H,1-2H3,(H,21,23)/t16-/m0/s1. The molecule has 2 aromatic heterocycles. The summed E-state index contributed by atoms with van der Waals surface area (Å²) in [5, 5.41) is 13.0. The van der Waals surface area contributed by atoms with Crippen molar-refractivity contribution < 1.29 is 4.79 Å². The van der Waals surface area contributed by atoms with E-state index in [4.69, 9.17) is 11.6 Å². The van der Waals surface area contributed by atoms with E-state index in [1.54, 1.807) is 40.7 Å². The zero-order valence-electron chi connectivity index (χ0n) is 13.3. The van der Waals surface area contributed by atoms with Crippen LogP contribution in [0.2, 0.25) is 5.02 Å². The first-order chi connectivity index (χ1) is 11.6. The van der Waals surface area contributed by atoms with E-state index < -0.39 is 0 Å². The van der Waals surface area contributed by atoms with Gasteiger partial charge in [0.15, 0.2) is 0 Å². The Morgan fingerprint density at radius 1 is 1.25 bits per heavy atom. The Morgan fingerprint density at radius 2 is 2.00 bits per heavy atom. The van der Waals surface area contributed by atoms with Crippen molar-refractivity contribution in [3.05, 3.63) is 63.8 Å². The Hall–Kier alpha value is -2.18. The molecule has 5 nitrogen and oxygen atoms in total. The molecular weight excluding hydrogens is 344 g/mol. The van der Waals surface area contributed by atoms with Gasteiger partial charge in [0.05, 0.1) is 16.6 Å². The van der Waals surface area contributed by atoms with E-state index >= 15 is 0 Å². The minimum absolute atomic E-state index is 0.0360. The van der Waals surface area contributed by atoms with Crippen LogP contribution in [-0.2, 0) is 0 Å². The lowest BCUT2D eigenvalue weighted by atomic mass is 10.0. The molecule has 0 bridgehead atoms. The molecule has 0 aliphatic heterocycles. The van der Waals surface area contributed by atoms with Crippen LogP contribution in [0.5, 0.6) is 0 Å². The number of amides is 1. The molecule has 1 N–H and O–H groups in total. The van der Waals surface area contributed by atoms with Crippen LogP contribution in [-0.4, -0.2) is 20.7 Å². The summed E-state index contributed by atoms with van der Waals surface area (Å²) in [4.78, 5) is 13.8.